The molecule has 1 aliphatic heterocycles. The zero-order chi connectivity index (χ0) is 20.3. The van der Waals surface area contributed by atoms with E-state index in [9.17, 15) is 9.59 Å². The van der Waals surface area contributed by atoms with Crippen LogP contribution in [0.25, 0.3) is 0 Å². The largest absolute Gasteiger partial charge is 0.493 e. The molecular formula is C22H25NO5. The molecule has 2 aromatic carbocycles. The fourth-order valence-electron chi connectivity index (χ4n) is 3.10. The molecule has 1 heterocycles. The SMILES string of the molecule is CC(C)(C)Oc1ccc(N2CC(COc3ccc(C(=O)O)cc3)CC2=O)cc1. The third-order valence-corrected chi connectivity index (χ3v) is 4.36. The minimum atomic E-state index is -0.970. The van der Waals surface area contributed by atoms with Crippen LogP contribution in [-0.2, 0) is 4.79 Å². The zero-order valence-corrected chi connectivity index (χ0v) is 16.3. The molecule has 1 amide bonds. The molecule has 0 aromatic heterocycles. The maximum atomic E-state index is 12.4. The van der Waals surface area contributed by atoms with Gasteiger partial charge in [0.05, 0.1) is 12.2 Å². The second-order valence-electron chi connectivity index (χ2n) is 7.92. The Morgan fingerprint density at radius 3 is 2.25 bits per heavy atom. The minimum absolute atomic E-state index is 0.0688. The van der Waals surface area contributed by atoms with Gasteiger partial charge in [0.25, 0.3) is 0 Å². The monoisotopic (exact) mass is 383 g/mol. The molecule has 1 saturated heterocycles. The smallest absolute Gasteiger partial charge is 0.335 e. The number of hydrogen-bond donors (Lipinski definition) is 1. The van der Waals surface area contributed by atoms with Gasteiger partial charge < -0.3 is 19.5 Å². The number of carbonyl (C=O) groups excluding carboxylic acids is 1. The fraction of sp³-hybridized carbons (Fsp3) is 0.364. The van der Waals surface area contributed by atoms with Gasteiger partial charge in [0.1, 0.15) is 17.1 Å². The van der Waals surface area contributed by atoms with Gasteiger partial charge in [0.2, 0.25) is 5.91 Å². The summed E-state index contributed by atoms with van der Waals surface area (Å²) < 4.78 is 11.6. The molecule has 0 saturated carbocycles. The highest BCUT2D eigenvalue weighted by Gasteiger charge is 2.31. The van der Waals surface area contributed by atoms with Gasteiger partial charge >= 0.3 is 5.97 Å². The molecule has 0 radical (unpaired) electrons. The molecule has 6 nitrogen and oxygen atoms in total. The van der Waals surface area contributed by atoms with Gasteiger partial charge in [-0.15, -0.1) is 0 Å². The Labute approximate surface area is 164 Å². The first-order chi connectivity index (χ1) is 13.2. The molecule has 0 bridgehead atoms. The lowest BCUT2D eigenvalue weighted by Gasteiger charge is -2.22. The van der Waals surface area contributed by atoms with E-state index in [2.05, 4.69) is 0 Å². The molecule has 1 aliphatic rings. The average molecular weight is 383 g/mol. The molecule has 1 atom stereocenters. The number of rotatable bonds is 6. The van der Waals surface area contributed by atoms with Crippen LogP contribution in [0.5, 0.6) is 11.5 Å². The first kappa shape index (κ1) is 19.7. The maximum absolute atomic E-state index is 12.4. The van der Waals surface area contributed by atoms with Crippen LogP contribution in [0.4, 0.5) is 5.69 Å². The first-order valence-corrected chi connectivity index (χ1v) is 9.27. The zero-order valence-electron chi connectivity index (χ0n) is 16.3. The van der Waals surface area contributed by atoms with Gasteiger partial charge in [-0.2, -0.15) is 0 Å². The van der Waals surface area contributed by atoms with Crippen molar-refractivity contribution < 1.29 is 24.2 Å². The second kappa shape index (κ2) is 7.92. The molecule has 6 heteroatoms. The number of hydrogen-bond acceptors (Lipinski definition) is 4. The number of aromatic carboxylic acids is 1. The molecule has 0 aliphatic carbocycles. The molecule has 1 N–H and O–H groups in total. The van der Waals surface area contributed by atoms with E-state index in [0.29, 0.717) is 25.3 Å². The van der Waals surface area contributed by atoms with Gasteiger partial charge in [0.15, 0.2) is 0 Å². The van der Waals surface area contributed by atoms with E-state index in [-0.39, 0.29) is 23.0 Å². The summed E-state index contributed by atoms with van der Waals surface area (Å²) in [6.45, 7) is 6.96. The summed E-state index contributed by atoms with van der Waals surface area (Å²) in [6.07, 6.45) is 0.424. The molecular weight excluding hydrogens is 358 g/mol. The van der Waals surface area contributed by atoms with Crippen LogP contribution >= 0.6 is 0 Å². The quantitative estimate of drug-likeness (QED) is 0.816. The Morgan fingerprint density at radius 2 is 1.68 bits per heavy atom. The average Bonchev–Trinajstić information content (AvgIpc) is 3.00. The Bertz CT molecular complexity index is 837. The van der Waals surface area contributed by atoms with Crippen LogP contribution in [0.15, 0.2) is 48.5 Å². The minimum Gasteiger partial charge on any atom is -0.493 e. The Morgan fingerprint density at radius 1 is 1.07 bits per heavy atom. The van der Waals surface area contributed by atoms with Crippen LogP contribution in [0.1, 0.15) is 37.6 Å². The van der Waals surface area contributed by atoms with Crippen molar-refractivity contribution in [3.63, 3.8) is 0 Å². The fourth-order valence-corrected chi connectivity index (χ4v) is 3.10. The van der Waals surface area contributed by atoms with Crippen molar-refractivity contribution in [2.45, 2.75) is 32.8 Å². The number of nitrogens with zero attached hydrogens (tertiary/aromatic N) is 1. The van der Waals surface area contributed by atoms with Gasteiger partial charge in [0, 0.05) is 24.6 Å². The Hall–Kier alpha value is -3.02. The molecule has 1 fully saturated rings. The Kier molecular flexibility index (Phi) is 5.58. The van der Waals surface area contributed by atoms with E-state index in [1.54, 1.807) is 17.0 Å². The Balaban J connectivity index is 1.56. The van der Waals surface area contributed by atoms with E-state index in [0.717, 1.165) is 11.4 Å². The summed E-state index contributed by atoms with van der Waals surface area (Å²) in [5.41, 5.74) is 0.795. The number of carbonyl (C=O) groups is 2. The summed E-state index contributed by atoms with van der Waals surface area (Å²) >= 11 is 0. The van der Waals surface area contributed by atoms with Gasteiger partial charge in [-0.25, -0.2) is 4.79 Å². The number of amides is 1. The summed E-state index contributed by atoms with van der Waals surface area (Å²) in [6, 6.07) is 13.8. The van der Waals surface area contributed by atoms with Crippen molar-refractivity contribution >= 4 is 17.6 Å². The number of anilines is 1. The third kappa shape index (κ3) is 5.03. The molecule has 148 valence electrons. The highest BCUT2D eigenvalue weighted by atomic mass is 16.5. The van der Waals surface area contributed by atoms with Gasteiger partial charge in [-0.05, 0) is 69.3 Å². The van der Waals surface area contributed by atoms with Crippen molar-refractivity contribution in [3.8, 4) is 11.5 Å². The number of carboxylic acids is 1. The molecule has 3 rings (SSSR count). The van der Waals surface area contributed by atoms with Crippen LogP contribution in [0, 0.1) is 5.92 Å². The molecule has 0 spiro atoms. The highest BCUT2D eigenvalue weighted by molar-refractivity contribution is 5.95. The van der Waals surface area contributed by atoms with Crippen LogP contribution in [0.2, 0.25) is 0 Å². The molecule has 1 unspecified atom stereocenters. The van der Waals surface area contributed by atoms with Crippen LogP contribution in [-0.4, -0.2) is 35.7 Å². The second-order valence-corrected chi connectivity index (χ2v) is 7.92. The summed E-state index contributed by atoms with van der Waals surface area (Å²) in [5.74, 6) is 0.547. The van der Waals surface area contributed by atoms with E-state index in [1.165, 1.54) is 12.1 Å². The lowest BCUT2D eigenvalue weighted by atomic mass is 10.1. The topological polar surface area (TPSA) is 76.1 Å². The lowest BCUT2D eigenvalue weighted by molar-refractivity contribution is -0.117. The van der Waals surface area contributed by atoms with Crippen LogP contribution in [0.3, 0.4) is 0 Å². The third-order valence-electron chi connectivity index (χ3n) is 4.36. The van der Waals surface area contributed by atoms with Crippen molar-refractivity contribution in [2.75, 3.05) is 18.1 Å². The van der Waals surface area contributed by atoms with Crippen molar-refractivity contribution in [2.24, 2.45) is 5.92 Å². The summed E-state index contributed by atoms with van der Waals surface area (Å²) in [7, 11) is 0. The van der Waals surface area contributed by atoms with E-state index in [4.69, 9.17) is 14.6 Å². The standard InChI is InChI=1S/C22H25NO5/c1-22(2,3)28-19-10-6-17(7-11-19)23-13-15(12-20(23)24)14-27-18-8-4-16(5-9-18)21(25)26/h4-11,15H,12-14H2,1-3H3,(H,25,26). The molecule has 28 heavy (non-hydrogen) atoms. The van der Waals surface area contributed by atoms with Crippen molar-refractivity contribution in [3.05, 3.63) is 54.1 Å². The predicted octanol–water partition coefficient (Wildman–Crippen LogP) is 3.99. The number of ether oxygens (including phenoxy) is 2. The summed E-state index contributed by atoms with van der Waals surface area (Å²) in [4.78, 5) is 25.1. The van der Waals surface area contributed by atoms with Crippen molar-refractivity contribution in [1.29, 1.82) is 0 Å². The maximum Gasteiger partial charge on any atom is 0.335 e. The van der Waals surface area contributed by atoms with E-state index >= 15 is 0 Å². The normalized spacial score (nSPS) is 16.9. The highest BCUT2D eigenvalue weighted by Crippen LogP contribution is 2.28. The van der Waals surface area contributed by atoms with Gasteiger partial charge in [-0.3, -0.25) is 4.79 Å². The molecule has 2 aromatic rings. The first-order valence-electron chi connectivity index (χ1n) is 9.27. The lowest BCUT2D eigenvalue weighted by Crippen LogP contribution is -2.25. The van der Waals surface area contributed by atoms with E-state index in [1.807, 2.05) is 45.0 Å². The number of benzene rings is 2. The van der Waals surface area contributed by atoms with E-state index < -0.39 is 5.97 Å². The predicted molar refractivity (Wildman–Crippen MR) is 106 cm³/mol. The number of carboxylic acid groups (broad SMARTS) is 1. The van der Waals surface area contributed by atoms with Crippen LogP contribution < -0.4 is 14.4 Å². The summed E-state index contributed by atoms with van der Waals surface area (Å²) in [5, 5.41) is 8.93. The van der Waals surface area contributed by atoms with Gasteiger partial charge in [-0.1, -0.05) is 0 Å². The van der Waals surface area contributed by atoms with Crippen molar-refractivity contribution in [1.82, 2.24) is 0 Å².